The van der Waals surface area contributed by atoms with Crippen molar-refractivity contribution in [3.05, 3.63) is 53.6 Å². The Bertz CT molecular complexity index is 1260. The molecule has 3 aliphatic rings. The molecule has 0 amide bonds. The van der Waals surface area contributed by atoms with E-state index in [0.717, 1.165) is 31.7 Å². The molecule has 2 fully saturated rings. The molecule has 2 aromatic carbocycles. The van der Waals surface area contributed by atoms with Gasteiger partial charge < -0.3 is 19.5 Å². The maximum absolute atomic E-state index is 11.9. The normalized spacial score (nSPS) is 19.7. The lowest BCUT2D eigenvalue weighted by Crippen LogP contribution is -2.37. The third-order valence-electron chi connectivity index (χ3n) is 9.34. The summed E-state index contributed by atoms with van der Waals surface area (Å²) in [5.41, 5.74) is 6.95. The van der Waals surface area contributed by atoms with Gasteiger partial charge in [-0.3, -0.25) is 0 Å². The van der Waals surface area contributed by atoms with Crippen molar-refractivity contribution in [2.75, 3.05) is 37.6 Å². The first-order valence-corrected chi connectivity index (χ1v) is 15.2. The lowest BCUT2D eigenvalue weighted by molar-refractivity contribution is 0.0697. The Morgan fingerprint density at radius 2 is 1.50 bits per heavy atom. The molecule has 1 aromatic heterocycles. The van der Waals surface area contributed by atoms with E-state index in [1.807, 2.05) is 6.07 Å². The Morgan fingerprint density at radius 3 is 2.26 bits per heavy atom. The van der Waals surface area contributed by atoms with Crippen LogP contribution in [0.1, 0.15) is 92.5 Å². The van der Waals surface area contributed by atoms with Gasteiger partial charge in [-0.1, -0.05) is 69.2 Å². The average Bonchev–Trinajstić information content (AvgIpc) is 3.26. The third kappa shape index (κ3) is 5.10. The second-order valence-electron chi connectivity index (χ2n) is 11.8. The van der Waals surface area contributed by atoms with E-state index in [0.29, 0.717) is 11.5 Å². The molecule has 1 aliphatic carbocycles. The van der Waals surface area contributed by atoms with Gasteiger partial charge in [0, 0.05) is 48.3 Å². The minimum atomic E-state index is -0.846. The quantitative estimate of drug-likeness (QED) is 0.383. The number of rotatable bonds is 5. The summed E-state index contributed by atoms with van der Waals surface area (Å²) in [6.07, 6.45) is 14.5. The molecule has 2 aliphatic heterocycles. The highest BCUT2D eigenvalue weighted by Gasteiger charge is 2.30. The SMILES string of the molecule is O=C(O)c1ccc2c(C3CCCCC3)c3n(c2c1)CCN(CCN1CCCCCCCC1)c1ccccc1-3. The fraction of sp³-hybridized carbons (Fsp3) is 0.545. The van der Waals surface area contributed by atoms with Gasteiger partial charge in [0.1, 0.15) is 0 Å². The van der Waals surface area contributed by atoms with Crippen LogP contribution in [0, 0.1) is 0 Å². The highest BCUT2D eigenvalue weighted by Crippen LogP contribution is 2.47. The van der Waals surface area contributed by atoms with E-state index in [9.17, 15) is 9.90 Å². The van der Waals surface area contributed by atoms with E-state index < -0.39 is 5.97 Å². The molecule has 1 saturated heterocycles. The summed E-state index contributed by atoms with van der Waals surface area (Å²) in [5, 5.41) is 11.0. The number of hydrogen-bond acceptors (Lipinski definition) is 3. The Morgan fingerprint density at radius 1 is 0.789 bits per heavy atom. The summed E-state index contributed by atoms with van der Waals surface area (Å²) < 4.78 is 2.46. The van der Waals surface area contributed by atoms with Crippen LogP contribution in [0.15, 0.2) is 42.5 Å². The van der Waals surface area contributed by atoms with Crippen molar-refractivity contribution in [2.24, 2.45) is 0 Å². The van der Waals surface area contributed by atoms with Gasteiger partial charge in [0.05, 0.1) is 11.3 Å². The Labute approximate surface area is 227 Å². The van der Waals surface area contributed by atoms with E-state index >= 15 is 0 Å². The molecule has 0 atom stereocenters. The van der Waals surface area contributed by atoms with Gasteiger partial charge in [0.25, 0.3) is 0 Å². The van der Waals surface area contributed by atoms with Crippen molar-refractivity contribution in [3.63, 3.8) is 0 Å². The molecule has 0 spiro atoms. The van der Waals surface area contributed by atoms with Gasteiger partial charge in [-0.15, -0.1) is 0 Å². The Kier molecular flexibility index (Phi) is 7.73. The number of hydrogen-bond donors (Lipinski definition) is 1. The fourth-order valence-corrected chi connectivity index (χ4v) is 7.33. The minimum absolute atomic E-state index is 0.385. The van der Waals surface area contributed by atoms with E-state index in [-0.39, 0.29) is 0 Å². The summed E-state index contributed by atoms with van der Waals surface area (Å²) in [5.74, 6) is -0.302. The third-order valence-corrected chi connectivity index (χ3v) is 9.34. The largest absolute Gasteiger partial charge is 0.478 e. The molecule has 38 heavy (non-hydrogen) atoms. The number of aromatic nitrogens is 1. The first kappa shape index (κ1) is 25.5. The van der Waals surface area contributed by atoms with Crippen LogP contribution in [-0.2, 0) is 6.54 Å². The van der Waals surface area contributed by atoms with Crippen LogP contribution < -0.4 is 4.90 Å². The summed E-state index contributed by atoms with van der Waals surface area (Å²) in [6.45, 7) is 6.44. The zero-order valence-corrected chi connectivity index (χ0v) is 22.8. The van der Waals surface area contributed by atoms with Crippen LogP contribution in [-0.4, -0.2) is 53.3 Å². The maximum Gasteiger partial charge on any atom is 0.335 e. The van der Waals surface area contributed by atoms with Gasteiger partial charge in [-0.05, 0) is 68.5 Å². The lowest BCUT2D eigenvalue weighted by Gasteiger charge is -2.29. The second-order valence-corrected chi connectivity index (χ2v) is 11.8. The Hall–Kier alpha value is -2.79. The summed E-state index contributed by atoms with van der Waals surface area (Å²) in [4.78, 5) is 17.2. The van der Waals surface area contributed by atoms with Crippen LogP contribution in [0.5, 0.6) is 0 Å². The molecule has 3 aromatic rings. The molecule has 5 heteroatoms. The molecule has 1 N–H and O–H groups in total. The number of carbonyl (C=O) groups is 1. The van der Waals surface area contributed by atoms with Crippen LogP contribution in [0.25, 0.3) is 22.2 Å². The van der Waals surface area contributed by atoms with Crippen molar-refractivity contribution < 1.29 is 9.90 Å². The molecule has 6 rings (SSSR count). The van der Waals surface area contributed by atoms with E-state index in [4.69, 9.17) is 0 Å². The van der Waals surface area contributed by atoms with E-state index in [2.05, 4.69) is 44.7 Å². The molecular formula is C33H43N3O2. The summed E-state index contributed by atoms with van der Waals surface area (Å²) in [7, 11) is 0. The minimum Gasteiger partial charge on any atom is -0.478 e. The topological polar surface area (TPSA) is 48.7 Å². The standard InChI is InChI=1S/C33H43N3O2/c37-33(38)26-16-17-27-30(24-26)36-23-22-35(21-20-34-18-10-3-1-2-4-11-19-34)29-15-9-8-14-28(29)32(36)31(27)25-12-6-5-7-13-25/h8-9,14-17,24-25H,1-7,10-13,18-23H2,(H,37,38). The molecule has 1 saturated carbocycles. The van der Waals surface area contributed by atoms with Crippen LogP contribution in [0.4, 0.5) is 5.69 Å². The highest BCUT2D eigenvalue weighted by atomic mass is 16.4. The first-order valence-electron chi connectivity index (χ1n) is 15.2. The van der Waals surface area contributed by atoms with Crippen molar-refractivity contribution in [1.82, 2.24) is 9.47 Å². The number of carboxylic acids is 1. The Balaban J connectivity index is 1.39. The zero-order chi connectivity index (χ0) is 25.9. The van der Waals surface area contributed by atoms with Gasteiger partial charge in [-0.2, -0.15) is 0 Å². The smallest absolute Gasteiger partial charge is 0.335 e. The maximum atomic E-state index is 11.9. The van der Waals surface area contributed by atoms with Crippen molar-refractivity contribution in [2.45, 2.75) is 83.1 Å². The monoisotopic (exact) mass is 513 g/mol. The number of benzene rings is 2. The highest BCUT2D eigenvalue weighted by molar-refractivity contribution is 5.99. The lowest BCUT2D eigenvalue weighted by atomic mass is 9.81. The van der Waals surface area contributed by atoms with E-state index in [1.54, 1.807) is 6.07 Å². The zero-order valence-electron chi connectivity index (χ0n) is 22.8. The van der Waals surface area contributed by atoms with Gasteiger partial charge in [0.2, 0.25) is 0 Å². The number of para-hydroxylation sites is 1. The number of anilines is 1. The number of nitrogens with zero attached hydrogens (tertiary/aromatic N) is 3. The van der Waals surface area contributed by atoms with Gasteiger partial charge >= 0.3 is 5.97 Å². The van der Waals surface area contributed by atoms with Crippen LogP contribution in [0.3, 0.4) is 0 Å². The number of carboxylic acid groups (broad SMARTS) is 1. The molecule has 5 nitrogen and oxygen atoms in total. The summed E-state index contributed by atoms with van der Waals surface area (Å²) in [6, 6.07) is 14.8. The molecular weight excluding hydrogens is 470 g/mol. The molecule has 0 bridgehead atoms. The predicted molar refractivity (Wildman–Crippen MR) is 157 cm³/mol. The average molecular weight is 514 g/mol. The van der Waals surface area contributed by atoms with Gasteiger partial charge in [-0.25, -0.2) is 4.79 Å². The predicted octanol–water partition coefficient (Wildman–Crippen LogP) is 7.53. The van der Waals surface area contributed by atoms with Crippen LogP contribution >= 0.6 is 0 Å². The van der Waals surface area contributed by atoms with Crippen molar-refractivity contribution >= 4 is 22.6 Å². The number of aromatic carboxylic acids is 1. The first-order chi connectivity index (χ1) is 18.7. The number of fused-ring (bicyclic) bond motifs is 5. The van der Waals surface area contributed by atoms with E-state index in [1.165, 1.54) is 112 Å². The molecule has 202 valence electrons. The fourth-order valence-electron chi connectivity index (χ4n) is 7.33. The summed E-state index contributed by atoms with van der Waals surface area (Å²) >= 11 is 0. The van der Waals surface area contributed by atoms with Crippen molar-refractivity contribution in [1.29, 1.82) is 0 Å². The van der Waals surface area contributed by atoms with Crippen LogP contribution in [0.2, 0.25) is 0 Å². The van der Waals surface area contributed by atoms with Crippen molar-refractivity contribution in [3.8, 4) is 11.3 Å². The van der Waals surface area contributed by atoms with Gasteiger partial charge in [0.15, 0.2) is 0 Å². The molecule has 0 radical (unpaired) electrons. The molecule has 3 heterocycles. The second kappa shape index (κ2) is 11.5. The molecule has 0 unspecified atom stereocenters.